The Morgan fingerprint density at radius 3 is 2.74 bits per heavy atom. The van der Waals surface area contributed by atoms with Gasteiger partial charge in [0.05, 0.1) is 6.10 Å². The van der Waals surface area contributed by atoms with Crippen LogP contribution in [0.4, 0.5) is 0 Å². The summed E-state index contributed by atoms with van der Waals surface area (Å²) in [5, 5.41) is 9.70. The number of rotatable bonds is 4. The number of hydrogen-bond acceptors (Lipinski definition) is 3. The van der Waals surface area contributed by atoms with E-state index in [0.717, 1.165) is 37.1 Å². The maximum atomic E-state index is 11.9. The SMILES string of the molecule is Cc1ccc([C@@H](C)O)c(OCC(=O)N2CCCC2)c1. The Bertz CT molecular complexity index is 451. The topological polar surface area (TPSA) is 49.8 Å². The first-order chi connectivity index (χ1) is 9.08. The molecule has 1 aromatic carbocycles. The zero-order chi connectivity index (χ0) is 13.8. The number of aryl methyl sites for hydroxylation is 1. The first-order valence-electron chi connectivity index (χ1n) is 6.77. The van der Waals surface area contributed by atoms with E-state index in [4.69, 9.17) is 4.74 Å². The Morgan fingerprint density at radius 1 is 1.42 bits per heavy atom. The van der Waals surface area contributed by atoms with Crippen LogP contribution < -0.4 is 4.74 Å². The molecule has 1 aliphatic heterocycles. The molecule has 0 unspecified atom stereocenters. The largest absolute Gasteiger partial charge is 0.483 e. The van der Waals surface area contributed by atoms with Gasteiger partial charge in [-0.05, 0) is 38.3 Å². The summed E-state index contributed by atoms with van der Waals surface area (Å²) in [6, 6.07) is 5.63. The normalized spacial score (nSPS) is 16.5. The molecule has 4 heteroatoms. The number of benzene rings is 1. The van der Waals surface area contributed by atoms with Gasteiger partial charge in [-0.3, -0.25) is 4.79 Å². The van der Waals surface area contributed by atoms with E-state index in [1.807, 2.05) is 30.0 Å². The highest BCUT2D eigenvalue weighted by Crippen LogP contribution is 2.26. The summed E-state index contributed by atoms with van der Waals surface area (Å²) in [4.78, 5) is 13.8. The van der Waals surface area contributed by atoms with Crippen molar-refractivity contribution < 1.29 is 14.6 Å². The molecule has 1 heterocycles. The van der Waals surface area contributed by atoms with Crippen molar-refractivity contribution in [1.82, 2.24) is 4.90 Å². The van der Waals surface area contributed by atoms with E-state index in [0.29, 0.717) is 5.75 Å². The number of aliphatic hydroxyl groups is 1. The molecule has 1 aliphatic rings. The molecule has 1 saturated heterocycles. The fourth-order valence-corrected chi connectivity index (χ4v) is 2.31. The molecule has 1 atom stereocenters. The van der Waals surface area contributed by atoms with Gasteiger partial charge in [-0.2, -0.15) is 0 Å². The lowest BCUT2D eigenvalue weighted by atomic mass is 10.1. The third-order valence-electron chi connectivity index (χ3n) is 3.43. The number of hydrogen-bond donors (Lipinski definition) is 1. The second kappa shape index (κ2) is 6.06. The maximum Gasteiger partial charge on any atom is 0.260 e. The standard InChI is InChI=1S/C15H21NO3/c1-11-5-6-13(12(2)17)14(9-11)19-10-15(18)16-7-3-4-8-16/h5-6,9,12,17H,3-4,7-8,10H2,1-2H3/t12-/m1/s1. The Balaban J connectivity index is 2.01. The van der Waals surface area contributed by atoms with Crippen molar-refractivity contribution in [1.29, 1.82) is 0 Å². The second-order valence-corrected chi connectivity index (χ2v) is 5.09. The molecular weight excluding hydrogens is 242 g/mol. The minimum Gasteiger partial charge on any atom is -0.483 e. The number of likely N-dealkylation sites (tertiary alicyclic amines) is 1. The van der Waals surface area contributed by atoms with Crippen molar-refractivity contribution in [3.05, 3.63) is 29.3 Å². The summed E-state index contributed by atoms with van der Waals surface area (Å²) in [6.45, 7) is 5.36. The lowest BCUT2D eigenvalue weighted by Crippen LogP contribution is -2.32. The van der Waals surface area contributed by atoms with Gasteiger partial charge < -0.3 is 14.7 Å². The summed E-state index contributed by atoms with van der Waals surface area (Å²) < 4.78 is 5.60. The van der Waals surface area contributed by atoms with E-state index in [1.165, 1.54) is 0 Å². The Hall–Kier alpha value is -1.55. The predicted octanol–water partition coefficient (Wildman–Crippen LogP) is 2.05. The van der Waals surface area contributed by atoms with Crippen molar-refractivity contribution >= 4 is 5.91 Å². The third kappa shape index (κ3) is 3.47. The highest BCUT2D eigenvalue weighted by molar-refractivity contribution is 5.78. The average molecular weight is 263 g/mol. The lowest BCUT2D eigenvalue weighted by molar-refractivity contribution is -0.132. The highest BCUT2D eigenvalue weighted by Gasteiger charge is 2.19. The van der Waals surface area contributed by atoms with Gasteiger partial charge in [0, 0.05) is 18.7 Å². The Morgan fingerprint density at radius 2 is 2.11 bits per heavy atom. The molecule has 104 valence electrons. The van der Waals surface area contributed by atoms with E-state index in [-0.39, 0.29) is 12.5 Å². The van der Waals surface area contributed by atoms with E-state index < -0.39 is 6.10 Å². The molecule has 1 fully saturated rings. The number of amides is 1. The van der Waals surface area contributed by atoms with Crippen LogP contribution in [0.5, 0.6) is 5.75 Å². The minimum absolute atomic E-state index is 0.0237. The first-order valence-corrected chi connectivity index (χ1v) is 6.77. The number of nitrogens with zero attached hydrogens (tertiary/aromatic N) is 1. The lowest BCUT2D eigenvalue weighted by Gasteiger charge is -2.18. The molecule has 0 saturated carbocycles. The van der Waals surface area contributed by atoms with Crippen LogP contribution in [0.3, 0.4) is 0 Å². The zero-order valence-corrected chi connectivity index (χ0v) is 11.6. The second-order valence-electron chi connectivity index (χ2n) is 5.09. The molecule has 1 amide bonds. The van der Waals surface area contributed by atoms with E-state index in [1.54, 1.807) is 6.92 Å². The summed E-state index contributed by atoms with van der Waals surface area (Å²) >= 11 is 0. The van der Waals surface area contributed by atoms with Crippen molar-refractivity contribution in [2.24, 2.45) is 0 Å². The maximum absolute atomic E-state index is 11.9. The van der Waals surface area contributed by atoms with Gasteiger partial charge in [0.15, 0.2) is 6.61 Å². The van der Waals surface area contributed by atoms with Crippen LogP contribution in [-0.4, -0.2) is 35.6 Å². The quantitative estimate of drug-likeness (QED) is 0.904. The smallest absolute Gasteiger partial charge is 0.260 e. The molecule has 0 spiro atoms. The molecule has 1 N–H and O–H groups in total. The third-order valence-corrected chi connectivity index (χ3v) is 3.43. The fourth-order valence-electron chi connectivity index (χ4n) is 2.31. The molecule has 0 aromatic heterocycles. The van der Waals surface area contributed by atoms with Crippen LogP contribution in [0.25, 0.3) is 0 Å². The summed E-state index contributed by atoms with van der Waals surface area (Å²) in [5.41, 5.74) is 1.77. The van der Waals surface area contributed by atoms with Gasteiger partial charge in [0.2, 0.25) is 0 Å². The number of carbonyl (C=O) groups is 1. The van der Waals surface area contributed by atoms with Crippen molar-refractivity contribution in [3.8, 4) is 5.75 Å². The molecule has 0 radical (unpaired) electrons. The van der Waals surface area contributed by atoms with Crippen molar-refractivity contribution in [2.75, 3.05) is 19.7 Å². The molecular formula is C15H21NO3. The van der Waals surface area contributed by atoms with Gasteiger partial charge in [-0.15, -0.1) is 0 Å². The van der Waals surface area contributed by atoms with Crippen LogP contribution in [0.1, 0.15) is 37.0 Å². The van der Waals surface area contributed by atoms with Gasteiger partial charge in [-0.1, -0.05) is 12.1 Å². The van der Waals surface area contributed by atoms with Crippen LogP contribution in [0.2, 0.25) is 0 Å². The Kier molecular flexibility index (Phi) is 4.43. The predicted molar refractivity (Wildman–Crippen MR) is 73.1 cm³/mol. The first kappa shape index (κ1) is 13.9. The van der Waals surface area contributed by atoms with Crippen molar-refractivity contribution in [3.63, 3.8) is 0 Å². The number of ether oxygens (including phenoxy) is 1. The number of aliphatic hydroxyl groups excluding tert-OH is 1. The molecule has 19 heavy (non-hydrogen) atoms. The van der Waals surface area contributed by atoms with Crippen LogP contribution in [0, 0.1) is 6.92 Å². The molecule has 2 rings (SSSR count). The fraction of sp³-hybridized carbons (Fsp3) is 0.533. The van der Waals surface area contributed by atoms with Gasteiger partial charge in [-0.25, -0.2) is 0 Å². The molecule has 4 nitrogen and oxygen atoms in total. The highest BCUT2D eigenvalue weighted by atomic mass is 16.5. The number of carbonyl (C=O) groups excluding carboxylic acids is 1. The van der Waals surface area contributed by atoms with E-state index in [2.05, 4.69) is 0 Å². The monoisotopic (exact) mass is 263 g/mol. The molecule has 1 aromatic rings. The minimum atomic E-state index is -0.600. The van der Waals surface area contributed by atoms with E-state index >= 15 is 0 Å². The summed E-state index contributed by atoms with van der Waals surface area (Å²) in [5.74, 6) is 0.623. The van der Waals surface area contributed by atoms with Gasteiger partial charge >= 0.3 is 0 Å². The van der Waals surface area contributed by atoms with Gasteiger partial charge in [0.25, 0.3) is 5.91 Å². The van der Waals surface area contributed by atoms with Crippen molar-refractivity contribution in [2.45, 2.75) is 32.8 Å². The zero-order valence-electron chi connectivity index (χ0n) is 11.6. The van der Waals surface area contributed by atoms with Crippen LogP contribution in [0.15, 0.2) is 18.2 Å². The molecule has 0 bridgehead atoms. The Labute approximate surface area is 114 Å². The van der Waals surface area contributed by atoms with Crippen LogP contribution in [-0.2, 0) is 4.79 Å². The average Bonchev–Trinajstić information content (AvgIpc) is 2.89. The summed E-state index contributed by atoms with van der Waals surface area (Å²) in [7, 11) is 0. The summed E-state index contributed by atoms with van der Waals surface area (Å²) in [6.07, 6.45) is 1.56. The van der Waals surface area contributed by atoms with Crippen LogP contribution >= 0.6 is 0 Å². The van der Waals surface area contributed by atoms with Gasteiger partial charge in [0.1, 0.15) is 5.75 Å². The van der Waals surface area contributed by atoms with E-state index in [9.17, 15) is 9.90 Å². The molecule has 0 aliphatic carbocycles.